The summed E-state index contributed by atoms with van der Waals surface area (Å²) in [4.78, 5) is 24.4. The SMILES string of the molecule is CC(C)NC(=O)c1cnn2c1C[C@@H](CNC(=O)COc1ccc(O)cc1)CC2. The Kier molecular flexibility index (Phi) is 6.18. The number of phenolic OH excluding ortho intramolecular Hbond substituents is 1. The van der Waals surface area contributed by atoms with Crippen LogP contribution in [0.15, 0.2) is 30.5 Å². The zero-order valence-corrected chi connectivity index (χ0v) is 16.1. The Morgan fingerprint density at radius 1 is 1.32 bits per heavy atom. The molecule has 8 nitrogen and oxygen atoms in total. The normalized spacial score (nSPS) is 15.8. The van der Waals surface area contributed by atoms with Crippen LogP contribution in [-0.2, 0) is 17.8 Å². The Hall–Kier alpha value is -3.03. The molecule has 0 unspecified atom stereocenters. The molecule has 28 heavy (non-hydrogen) atoms. The number of aromatic nitrogens is 2. The highest BCUT2D eigenvalue weighted by Gasteiger charge is 2.25. The van der Waals surface area contributed by atoms with Crippen LogP contribution in [0.4, 0.5) is 0 Å². The first-order valence-corrected chi connectivity index (χ1v) is 9.46. The summed E-state index contributed by atoms with van der Waals surface area (Å²) in [5, 5.41) is 19.4. The number of hydrogen-bond donors (Lipinski definition) is 3. The van der Waals surface area contributed by atoms with Crippen molar-refractivity contribution in [3.05, 3.63) is 41.7 Å². The minimum atomic E-state index is -0.204. The maximum Gasteiger partial charge on any atom is 0.257 e. The second kappa shape index (κ2) is 8.77. The number of hydrogen-bond acceptors (Lipinski definition) is 5. The third-order valence-corrected chi connectivity index (χ3v) is 4.64. The summed E-state index contributed by atoms with van der Waals surface area (Å²) >= 11 is 0. The molecule has 0 fully saturated rings. The number of carbonyl (C=O) groups excluding carboxylic acids is 2. The molecule has 1 atom stereocenters. The van der Waals surface area contributed by atoms with Crippen molar-refractivity contribution in [1.29, 1.82) is 0 Å². The summed E-state index contributed by atoms with van der Waals surface area (Å²) in [6.45, 7) is 5.01. The van der Waals surface area contributed by atoms with Crippen LogP contribution < -0.4 is 15.4 Å². The number of phenols is 1. The van der Waals surface area contributed by atoms with E-state index in [-0.39, 0.29) is 36.1 Å². The standard InChI is InChI=1S/C20H26N4O4/c1-13(2)23-20(27)17-11-22-24-8-7-14(9-18(17)24)10-21-19(26)12-28-16-5-3-15(25)4-6-16/h3-6,11,13-14,25H,7-10,12H2,1-2H3,(H,21,26)(H,23,27)/t14-/m0/s1. The van der Waals surface area contributed by atoms with Crippen LogP contribution in [-0.4, -0.2) is 45.9 Å². The van der Waals surface area contributed by atoms with Gasteiger partial charge in [0.15, 0.2) is 6.61 Å². The van der Waals surface area contributed by atoms with E-state index < -0.39 is 0 Å². The van der Waals surface area contributed by atoms with Gasteiger partial charge < -0.3 is 20.5 Å². The van der Waals surface area contributed by atoms with Gasteiger partial charge in [0.2, 0.25) is 0 Å². The largest absolute Gasteiger partial charge is 0.508 e. The molecule has 0 spiro atoms. The third-order valence-electron chi connectivity index (χ3n) is 4.64. The van der Waals surface area contributed by atoms with Crippen LogP contribution in [0.2, 0.25) is 0 Å². The quantitative estimate of drug-likeness (QED) is 0.669. The van der Waals surface area contributed by atoms with E-state index in [4.69, 9.17) is 4.74 Å². The van der Waals surface area contributed by atoms with Crippen LogP contribution in [0.1, 0.15) is 36.3 Å². The highest BCUT2D eigenvalue weighted by molar-refractivity contribution is 5.95. The van der Waals surface area contributed by atoms with Gasteiger partial charge in [-0.2, -0.15) is 5.10 Å². The zero-order chi connectivity index (χ0) is 20.1. The number of benzene rings is 1. The molecule has 2 aromatic rings. The molecule has 3 N–H and O–H groups in total. The van der Waals surface area contributed by atoms with Gasteiger partial charge in [0.1, 0.15) is 11.5 Å². The van der Waals surface area contributed by atoms with Crippen LogP contribution in [0.5, 0.6) is 11.5 Å². The lowest BCUT2D eigenvalue weighted by Crippen LogP contribution is -2.36. The van der Waals surface area contributed by atoms with Crippen LogP contribution in [0.3, 0.4) is 0 Å². The molecule has 2 heterocycles. The first kappa shape index (κ1) is 19.7. The van der Waals surface area contributed by atoms with Gasteiger partial charge in [0.05, 0.1) is 17.5 Å². The number of nitrogens with zero attached hydrogens (tertiary/aromatic N) is 2. The fourth-order valence-electron chi connectivity index (χ4n) is 3.20. The maximum atomic E-state index is 12.3. The van der Waals surface area contributed by atoms with E-state index in [1.165, 1.54) is 12.1 Å². The fraction of sp³-hybridized carbons (Fsp3) is 0.450. The number of rotatable bonds is 7. The predicted molar refractivity (Wildman–Crippen MR) is 103 cm³/mol. The number of ether oxygens (including phenoxy) is 1. The molecule has 0 bridgehead atoms. The third kappa shape index (κ3) is 5.03. The number of carbonyl (C=O) groups is 2. The van der Waals surface area contributed by atoms with Crippen molar-refractivity contribution in [2.45, 2.75) is 39.3 Å². The van der Waals surface area contributed by atoms with E-state index in [2.05, 4.69) is 15.7 Å². The Labute approximate surface area is 163 Å². The molecular formula is C20H26N4O4. The Balaban J connectivity index is 1.49. The summed E-state index contributed by atoms with van der Waals surface area (Å²) in [5.74, 6) is 0.602. The molecule has 2 amide bonds. The van der Waals surface area contributed by atoms with Gasteiger partial charge >= 0.3 is 0 Å². The summed E-state index contributed by atoms with van der Waals surface area (Å²) in [5.41, 5.74) is 1.53. The van der Waals surface area contributed by atoms with Crippen LogP contribution >= 0.6 is 0 Å². The zero-order valence-electron chi connectivity index (χ0n) is 16.1. The van der Waals surface area contributed by atoms with E-state index in [1.807, 2.05) is 18.5 Å². The molecule has 1 aromatic heterocycles. The summed E-state index contributed by atoms with van der Waals surface area (Å²) < 4.78 is 7.28. The monoisotopic (exact) mass is 386 g/mol. The lowest BCUT2D eigenvalue weighted by molar-refractivity contribution is -0.123. The molecule has 1 aliphatic rings. The van der Waals surface area contributed by atoms with Crippen molar-refractivity contribution in [3.8, 4) is 11.5 Å². The lowest BCUT2D eigenvalue weighted by Gasteiger charge is -2.24. The molecule has 1 aliphatic heterocycles. The van der Waals surface area contributed by atoms with E-state index in [0.29, 0.717) is 24.3 Å². The predicted octanol–water partition coefficient (Wildman–Crippen LogP) is 1.48. The van der Waals surface area contributed by atoms with Crippen molar-refractivity contribution in [1.82, 2.24) is 20.4 Å². The average Bonchev–Trinajstić information content (AvgIpc) is 3.08. The number of aromatic hydroxyl groups is 1. The summed E-state index contributed by atoms with van der Waals surface area (Å²) in [6, 6.07) is 6.29. The van der Waals surface area contributed by atoms with E-state index in [9.17, 15) is 14.7 Å². The van der Waals surface area contributed by atoms with E-state index in [1.54, 1.807) is 18.3 Å². The van der Waals surface area contributed by atoms with Crippen molar-refractivity contribution in [2.24, 2.45) is 5.92 Å². The molecule has 0 saturated heterocycles. The Bertz CT molecular complexity index is 829. The molecule has 0 aliphatic carbocycles. The number of amides is 2. The molecule has 1 aromatic carbocycles. The molecule has 0 saturated carbocycles. The topological polar surface area (TPSA) is 105 Å². The first-order chi connectivity index (χ1) is 13.4. The van der Waals surface area contributed by atoms with Gasteiger partial charge in [-0.15, -0.1) is 0 Å². The van der Waals surface area contributed by atoms with Crippen LogP contribution in [0, 0.1) is 5.92 Å². The molecule has 3 rings (SSSR count). The summed E-state index contributed by atoms with van der Waals surface area (Å²) in [7, 11) is 0. The van der Waals surface area contributed by atoms with Gasteiger partial charge in [-0.3, -0.25) is 14.3 Å². The highest BCUT2D eigenvalue weighted by atomic mass is 16.5. The van der Waals surface area contributed by atoms with Gasteiger partial charge in [0, 0.05) is 19.1 Å². The minimum Gasteiger partial charge on any atom is -0.508 e. The molecule has 0 radical (unpaired) electrons. The Morgan fingerprint density at radius 3 is 2.79 bits per heavy atom. The van der Waals surface area contributed by atoms with Crippen molar-refractivity contribution < 1.29 is 19.4 Å². The summed E-state index contributed by atoms with van der Waals surface area (Å²) in [6.07, 6.45) is 3.21. The first-order valence-electron chi connectivity index (χ1n) is 9.46. The van der Waals surface area contributed by atoms with Crippen molar-refractivity contribution in [2.75, 3.05) is 13.2 Å². The van der Waals surface area contributed by atoms with Gasteiger partial charge in [-0.1, -0.05) is 0 Å². The number of fused-ring (bicyclic) bond motifs is 1. The van der Waals surface area contributed by atoms with Crippen molar-refractivity contribution in [3.63, 3.8) is 0 Å². The smallest absolute Gasteiger partial charge is 0.257 e. The van der Waals surface area contributed by atoms with Gasteiger partial charge in [-0.25, -0.2) is 0 Å². The molecular weight excluding hydrogens is 360 g/mol. The molecule has 8 heteroatoms. The highest BCUT2D eigenvalue weighted by Crippen LogP contribution is 2.23. The van der Waals surface area contributed by atoms with E-state index in [0.717, 1.165) is 18.7 Å². The second-order valence-electron chi connectivity index (χ2n) is 7.30. The average molecular weight is 386 g/mol. The fourth-order valence-corrected chi connectivity index (χ4v) is 3.20. The van der Waals surface area contributed by atoms with Crippen molar-refractivity contribution >= 4 is 11.8 Å². The van der Waals surface area contributed by atoms with E-state index >= 15 is 0 Å². The number of nitrogens with one attached hydrogen (secondary N) is 2. The lowest BCUT2D eigenvalue weighted by atomic mass is 9.94. The second-order valence-corrected chi connectivity index (χ2v) is 7.30. The molecule has 150 valence electrons. The van der Waals surface area contributed by atoms with Gasteiger partial charge in [0.25, 0.3) is 11.8 Å². The van der Waals surface area contributed by atoms with Crippen LogP contribution in [0.25, 0.3) is 0 Å². The van der Waals surface area contributed by atoms with Gasteiger partial charge in [-0.05, 0) is 56.9 Å². The number of aryl methyl sites for hydroxylation is 1. The minimum absolute atomic E-state index is 0.0651. The Morgan fingerprint density at radius 2 is 2.07 bits per heavy atom. The maximum absolute atomic E-state index is 12.3.